The van der Waals surface area contributed by atoms with Gasteiger partial charge in [0.05, 0.1) is 16.6 Å². The second-order valence-corrected chi connectivity index (χ2v) is 6.76. The molecule has 1 aromatic carbocycles. The topological polar surface area (TPSA) is 72.2 Å². The number of carbonyl (C=O) groups excluding carboxylic acids is 1. The number of benzene rings is 1. The molecule has 1 amide bonds. The maximum Gasteiger partial charge on any atom is 0.391 e. The van der Waals surface area contributed by atoms with Crippen LogP contribution in [0.25, 0.3) is 0 Å². The number of alkyl halides is 3. The van der Waals surface area contributed by atoms with E-state index >= 15 is 0 Å². The fourth-order valence-electron chi connectivity index (χ4n) is 2.70. The van der Waals surface area contributed by atoms with E-state index in [1.54, 1.807) is 0 Å². The van der Waals surface area contributed by atoms with E-state index in [4.69, 9.17) is 0 Å². The van der Waals surface area contributed by atoms with Gasteiger partial charge in [0, 0.05) is 23.1 Å². The first-order chi connectivity index (χ1) is 11.3. The van der Waals surface area contributed by atoms with Crippen LogP contribution in [0.15, 0.2) is 29.2 Å². The molecule has 2 atom stereocenters. The van der Waals surface area contributed by atoms with Crippen molar-refractivity contribution in [3.05, 3.63) is 34.4 Å². The van der Waals surface area contributed by atoms with Gasteiger partial charge in [0.15, 0.2) is 0 Å². The van der Waals surface area contributed by atoms with Gasteiger partial charge in [-0.2, -0.15) is 13.2 Å². The van der Waals surface area contributed by atoms with Crippen molar-refractivity contribution in [1.29, 1.82) is 0 Å². The Kier molecular flexibility index (Phi) is 6.09. The minimum Gasteiger partial charge on any atom is -0.353 e. The molecule has 2 rings (SSSR count). The number of nitro groups is 1. The molecular weight excluding hydrogens is 345 g/mol. The van der Waals surface area contributed by atoms with Crippen LogP contribution in [0.4, 0.5) is 18.9 Å². The molecular formula is C15H17F3N2O3S. The van der Waals surface area contributed by atoms with Gasteiger partial charge in [-0.3, -0.25) is 14.9 Å². The van der Waals surface area contributed by atoms with Crippen molar-refractivity contribution in [2.75, 3.05) is 5.75 Å². The van der Waals surface area contributed by atoms with E-state index in [0.717, 1.165) is 0 Å². The normalized spacial score (nSPS) is 21.3. The molecule has 0 radical (unpaired) electrons. The molecule has 0 spiro atoms. The van der Waals surface area contributed by atoms with Gasteiger partial charge in [0.25, 0.3) is 5.69 Å². The molecule has 1 aliphatic carbocycles. The molecule has 1 aromatic rings. The van der Waals surface area contributed by atoms with Gasteiger partial charge >= 0.3 is 6.18 Å². The number of hydrogen-bond acceptors (Lipinski definition) is 4. The Hall–Kier alpha value is -1.77. The number of nitrogens with zero attached hydrogens (tertiary/aromatic N) is 1. The number of amides is 1. The largest absolute Gasteiger partial charge is 0.391 e. The Bertz CT molecular complexity index is 593. The summed E-state index contributed by atoms with van der Waals surface area (Å²) in [6.07, 6.45) is -3.16. The second kappa shape index (κ2) is 7.87. The summed E-state index contributed by atoms with van der Waals surface area (Å²) in [4.78, 5) is 22.6. The lowest BCUT2D eigenvalue weighted by Gasteiger charge is -2.31. The van der Waals surface area contributed by atoms with Crippen molar-refractivity contribution in [3.63, 3.8) is 0 Å². The third-order valence-electron chi connectivity index (χ3n) is 3.92. The number of carbonyl (C=O) groups is 1. The molecule has 1 aliphatic rings. The van der Waals surface area contributed by atoms with Crippen LogP contribution in [0.3, 0.4) is 0 Å². The molecule has 0 unspecified atom stereocenters. The molecule has 1 fully saturated rings. The lowest BCUT2D eigenvalue weighted by atomic mass is 9.85. The van der Waals surface area contributed by atoms with Crippen molar-refractivity contribution < 1.29 is 22.9 Å². The number of hydrogen-bond donors (Lipinski definition) is 1. The maximum absolute atomic E-state index is 12.7. The van der Waals surface area contributed by atoms with Gasteiger partial charge in [0.1, 0.15) is 0 Å². The molecule has 9 heteroatoms. The van der Waals surface area contributed by atoms with Crippen LogP contribution < -0.4 is 5.32 Å². The van der Waals surface area contributed by atoms with E-state index in [-0.39, 0.29) is 30.2 Å². The smallest absolute Gasteiger partial charge is 0.353 e. The standard InChI is InChI=1S/C15H17F3N2O3S/c16-15(17,18)10-2-1-3-11(8-10)19-14(21)9-24-13-6-4-12(5-7-13)20(22)23/h4-7,10-11H,1-3,8-9H2,(H,19,21)/t10-,11-/m1/s1. The van der Waals surface area contributed by atoms with Gasteiger partial charge in [-0.15, -0.1) is 11.8 Å². The summed E-state index contributed by atoms with van der Waals surface area (Å²) >= 11 is 1.19. The maximum atomic E-state index is 12.7. The predicted molar refractivity (Wildman–Crippen MR) is 83.8 cm³/mol. The highest BCUT2D eigenvalue weighted by Crippen LogP contribution is 2.37. The lowest BCUT2D eigenvalue weighted by molar-refractivity contribution is -0.384. The zero-order chi connectivity index (χ0) is 17.7. The number of rotatable bonds is 5. The molecule has 0 saturated heterocycles. The molecule has 0 aliphatic heterocycles. The molecule has 0 bridgehead atoms. The van der Waals surface area contributed by atoms with Crippen LogP contribution in [0, 0.1) is 16.0 Å². The second-order valence-electron chi connectivity index (χ2n) is 5.71. The highest BCUT2D eigenvalue weighted by atomic mass is 32.2. The molecule has 5 nitrogen and oxygen atoms in total. The van der Waals surface area contributed by atoms with Crippen molar-refractivity contribution in [2.24, 2.45) is 5.92 Å². The first kappa shape index (κ1) is 18.6. The number of non-ortho nitro benzene ring substituents is 1. The Morgan fingerprint density at radius 3 is 2.54 bits per heavy atom. The highest BCUT2D eigenvalue weighted by Gasteiger charge is 2.42. The van der Waals surface area contributed by atoms with Crippen LogP contribution >= 0.6 is 11.8 Å². The summed E-state index contributed by atoms with van der Waals surface area (Å²) in [5.74, 6) is -1.62. The minimum atomic E-state index is -4.21. The van der Waals surface area contributed by atoms with Crippen LogP contribution in [-0.2, 0) is 4.79 Å². The van der Waals surface area contributed by atoms with E-state index in [2.05, 4.69) is 5.32 Å². The first-order valence-electron chi connectivity index (χ1n) is 7.49. The van der Waals surface area contributed by atoms with Gasteiger partial charge in [-0.1, -0.05) is 6.42 Å². The summed E-state index contributed by atoms with van der Waals surface area (Å²) in [6, 6.07) is 5.31. The summed E-state index contributed by atoms with van der Waals surface area (Å²) in [5.41, 5.74) is -0.0378. The van der Waals surface area contributed by atoms with Gasteiger partial charge in [-0.25, -0.2) is 0 Å². The third-order valence-corrected chi connectivity index (χ3v) is 4.93. The van der Waals surface area contributed by atoms with Crippen LogP contribution in [0.5, 0.6) is 0 Å². The van der Waals surface area contributed by atoms with Crippen molar-refractivity contribution in [2.45, 2.75) is 42.8 Å². The Labute approximate surface area is 141 Å². The average molecular weight is 362 g/mol. The zero-order valence-corrected chi connectivity index (χ0v) is 13.5. The number of nitrogens with one attached hydrogen (secondary N) is 1. The molecule has 0 heterocycles. The van der Waals surface area contributed by atoms with E-state index in [9.17, 15) is 28.1 Å². The lowest BCUT2D eigenvalue weighted by Crippen LogP contribution is -2.42. The molecule has 1 saturated carbocycles. The fourth-order valence-corrected chi connectivity index (χ4v) is 3.41. The molecule has 1 N–H and O–H groups in total. The van der Waals surface area contributed by atoms with Gasteiger partial charge in [-0.05, 0) is 31.4 Å². The molecule has 24 heavy (non-hydrogen) atoms. The predicted octanol–water partition coefficient (Wildman–Crippen LogP) is 3.92. The summed E-state index contributed by atoms with van der Waals surface area (Å²) in [6.45, 7) is 0. The number of halogens is 3. The Balaban J connectivity index is 1.79. The summed E-state index contributed by atoms with van der Waals surface area (Å²) in [7, 11) is 0. The Morgan fingerprint density at radius 1 is 1.29 bits per heavy atom. The SMILES string of the molecule is O=C(CSc1ccc([N+](=O)[O-])cc1)N[C@@H]1CCC[C@@H](C(F)(F)F)C1. The summed E-state index contributed by atoms with van der Waals surface area (Å²) < 4.78 is 38.2. The van der Waals surface area contributed by atoms with Crippen molar-refractivity contribution >= 4 is 23.4 Å². The first-order valence-corrected chi connectivity index (χ1v) is 8.47. The van der Waals surface area contributed by atoms with Crippen LogP contribution in [0.2, 0.25) is 0 Å². The van der Waals surface area contributed by atoms with E-state index in [0.29, 0.717) is 17.7 Å². The number of nitro benzene ring substituents is 1. The van der Waals surface area contributed by atoms with Crippen LogP contribution in [-0.4, -0.2) is 28.8 Å². The average Bonchev–Trinajstić information content (AvgIpc) is 2.53. The monoisotopic (exact) mass is 362 g/mol. The Morgan fingerprint density at radius 2 is 1.96 bits per heavy atom. The summed E-state index contributed by atoms with van der Waals surface area (Å²) in [5, 5.41) is 13.2. The van der Waals surface area contributed by atoms with Crippen LogP contribution in [0.1, 0.15) is 25.7 Å². The minimum absolute atomic E-state index is 0.0378. The zero-order valence-electron chi connectivity index (χ0n) is 12.7. The molecule has 0 aromatic heterocycles. The number of thioether (sulfide) groups is 1. The van der Waals surface area contributed by atoms with Crippen molar-refractivity contribution in [1.82, 2.24) is 5.32 Å². The molecule has 132 valence electrons. The van der Waals surface area contributed by atoms with Gasteiger partial charge < -0.3 is 5.32 Å². The van der Waals surface area contributed by atoms with Crippen molar-refractivity contribution in [3.8, 4) is 0 Å². The third kappa shape index (κ3) is 5.40. The van der Waals surface area contributed by atoms with E-state index in [1.807, 2.05) is 0 Å². The van der Waals surface area contributed by atoms with E-state index in [1.165, 1.54) is 36.0 Å². The highest BCUT2D eigenvalue weighted by molar-refractivity contribution is 8.00. The van der Waals surface area contributed by atoms with Gasteiger partial charge in [0.2, 0.25) is 5.91 Å². The van der Waals surface area contributed by atoms with E-state index < -0.39 is 23.1 Å². The fraction of sp³-hybridized carbons (Fsp3) is 0.533. The quantitative estimate of drug-likeness (QED) is 0.489.